The molecule has 6 aliphatic heterocycles. The minimum absolute atomic E-state index is 0.0898. The summed E-state index contributed by atoms with van der Waals surface area (Å²) in [7, 11) is 0. The van der Waals surface area contributed by atoms with Crippen LogP contribution in [0.4, 0.5) is 9.59 Å². The minimum atomic E-state index is -0.277. The van der Waals surface area contributed by atoms with Gasteiger partial charge in [0.25, 0.3) is 0 Å². The van der Waals surface area contributed by atoms with Gasteiger partial charge in [0.15, 0.2) is 12.2 Å². The SMILES string of the molecule is CC(C)(c1ccc(OCC2CO2)cc1)c1ccc(OCC2CN(CCCCCCCCCCCCN3CCC(OC4CCN(CCCCCCCCCCCCN5CC(COc6ccc(C(C)(C)c7ccc(OCC8CO8)cc7)cc6)OC5=O)C(=O)C4)CC3=O)C(=O)O2)cc1. The van der Waals surface area contributed by atoms with Crippen molar-refractivity contribution in [2.24, 2.45) is 0 Å². The third-order valence-corrected chi connectivity index (χ3v) is 20.3. The first kappa shape index (κ1) is 71.2. The summed E-state index contributed by atoms with van der Waals surface area (Å²) in [6, 6.07) is 33.0. The van der Waals surface area contributed by atoms with Crippen molar-refractivity contribution in [3.8, 4) is 23.0 Å². The number of benzene rings is 4. The third-order valence-electron chi connectivity index (χ3n) is 20.3. The van der Waals surface area contributed by atoms with Crippen LogP contribution in [0.5, 0.6) is 23.0 Å². The standard InChI is InChI=1S/C78H110N4O13/c1-77(2,61-29-37-65(38-30-61)89-55-71-57-91-71)59-25-33-63(34-26-59)87-53-69-51-81(75(85)94-69)45-23-19-15-11-7-5-9-13-17-21-43-79-47-41-67(49-73(79)83)93-68-42-48-80(74(84)50-68)44-22-18-14-10-6-8-12-16-20-24-46-82-52-70(95-76(82)86)54-88-64-35-27-60(28-36-64)78(3,4)62-31-39-66(40-32-62)90-56-72-58-92-72/h25-40,67-72H,5-24,41-58H2,1-4H3. The Labute approximate surface area is 566 Å². The smallest absolute Gasteiger partial charge is 0.410 e. The van der Waals surface area contributed by atoms with Crippen LogP contribution in [-0.2, 0) is 44.1 Å². The summed E-state index contributed by atoms with van der Waals surface area (Å²) in [6.45, 7) is 18.0. The van der Waals surface area contributed by atoms with Crippen molar-refractivity contribution >= 4 is 24.0 Å². The van der Waals surface area contributed by atoms with Crippen LogP contribution in [0, 0.1) is 0 Å². The lowest BCUT2D eigenvalue weighted by molar-refractivity contribution is -0.148. The average Bonchev–Trinajstić information content (AvgIpc) is 1.85. The number of epoxide rings is 2. The molecule has 17 heteroatoms. The van der Waals surface area contributed by atoms with Crippen molar-refractivity contribution in [3.63, 3.8) is 0 Å². The molecule has 0 aromatic heterocycles. The zero-order valence-corrected chi connectivity index (χ0v) is 57.7. The first-order chi connectivity index (χ1) is 46.2. The van der Waals surface area contributed by atoms with Gasteiger partial charge in [0.1, 0.15) is 61.6 Å². The molecule has 4 aromatic carbocycles. The number of cyclic esters (lactones) is 2. The van der Waals surface area contributed by atoms with Crippen LogP contribution in [0.25, 0.3) is 0 Å². The Hall–Kier alpha value is -6.56. The van der Waals surface area contributed by atoms with E-state index < -0.39 is 0 Å². The Kier molecular flexibility index (Phi) is 27.1. The molecule has 95 heavy (non-hydrogen) atoms. The highest BCUT2D eigenvalue weighted by Crippen LogP contribution is 2.36. The van der Waals surface area contributed by atoms with Crippen LogP contribution >= 0.6 is 0 Å². The Bertz CT molecular complexity index is 2770. The van der Waals surface area contributed by atoms with Crippen molar-refractivity contribution in [2.75, 3.05) is 92.0 Å². The molecule has 6 saturated heterocycles. The number of piperidine rings is 2. The van der Waals surface area contributed by atoms with E-state index in [0.717, 1.165) is 140 Å². The highest BCUT2D eigenvalue weighted by molar-refractivity contribution is 5.78. The third kappa shape index (κ3) is 22.8. The van der Waals surface area contributed by atoms with E-state index in [1.54, 1.807) is 0 Å². The van der Waals surface area contributed by atoms with Gasteiger partial charge in [0, 0.05) is 50.1 Å². The lowest BCUT2D eigenvalue weighted by atomic mass is 9.78. The normalized spacial score (nSPS) is 21.3. The molecule has 6 atom stereocenters. The number of unbranched alkanes of at least 4 members (excludes halogenated alkanes) is 18. The average molecular weight is 1310 g/mol. The Balaban J connectivity index is 0.467. The number of ether oxygens (including phenoxy) is 9. The van der Waals surface area contributed by atoms with Crippen molar-refractivity contribution in [3.05, 3.63) is 119 Å². The van der Waals surface area contributed by atoms with Crippen LogP contribution in [0.1, 0.15) is 204 Å². The van der Waals surface area contributed by atoms with Crippen LogP contribution in [0.3, 0.4) is 0 Å². The lowest BCUT2D eigenvalue weighted by Gasteiger charge is -2.36. The zero-order valence-electron chi connectivity index (χ0n) is 57.7. The van der Waals surface area contributed by atoms with Gasteiger partial charge in [-0.25, -0.2) is 9.59 Å². The second-order valence-electron chi connectivity index (χ2n) is 28.6. The maximum Gasteiger partial charge on any atom is 0.410 e. The maximum atomic E-state index is 13.1. The molecule has 520 valence electrons. The summed E-state index contributed by atoms with van der Waals surface area (Å²) in [6.07, 6.45) is 24.9. The molecule has 6 heterocycles. The predicted molar refractivity (Wildman–Crippen MR) is 368 cm³/mol. The summed E-state index contributed by atoms with van der Waals surface area (Å²) in [4.78, 5) is 59.2. The first-order valence-electron chi connectivity index (χ1n) is 36.5. The van der Waals surface area contributed by atoms with Crippen molar-refractivity contribution < 1.29 is 61.8 Å². The fraction of sp³-hybridized carbons (Fsp3) is 0.641. The van der Waals surface area contributed by atoms with Gasteiger partial charge in [-0.05, 0) is 109 Å². The monoisotopic (exact) mass is 1310 g/mol. The minimum Gasteiger partial charge on any atom is -0.491 e. The van der Waals surface area contributed by atoms with Gasteiger partial charge in [-0.2, -0.15) is 0 Å². The Morgan fingerprint density at radius 1 is 0.358 bits per heavy atom. The maximum absolute atomic E-state index is 13.1. The molecule has 4 aromatic rings. The lowest BCUT2D eigenvalue weighted by Crippen LogP contribution is -2.46. The Morgan fingerprint density at radius 3 is 0.874 bits per heavy atom. The molecule has 0 N–H and O–H groups in total. The highest BCUT2D eigenvalue weighted by atomic mass is 16.6. The van der Waals surface area contributed by atoms with Gasteiger partial charge >= 0.3 is 12.2 Å². The topological polar surface area (TPSA) is 171 Å². The van der Waals surface area contributed by atoms with Crippen LogP contribution in [-0.4, -0.2) is 172 Å². The van der Waals surface area contributed by atoms with E-state index in [2.05, 4.69) is 76.2 Å². The van der Waals surface area contributed by atoms with Crippen LogP contribution in [0.15, 0.2) is 97.1 Å². The van der Waals surface area contributed by atoms with Crippen molar-refractivity contribution in [1.29, 1.82) is 0 Å². The highest BCUT2D eigenvalue weighted by Gasteiger charge is 2.35. The van der Waals surface area contributed by atoms with Gasteiger partial charge in [-0.3, -0.25) is 9.59 Å². The summed E-state index contributed by atoms with van der Waals surface area (Å²) in [5, 5.41) is 0. The first-order valence-corrected chi connectivity index (χ1v) is 36.5. The van der Waals surface area contributed by atoms with Gasteiger partial charge in [0.05, 0.1) is 51.4 Å². The molecule has 4 amide bonds. The fourth-order valence-corrected chi connectivity index (χ4v) is 13.7. The van der Waals surface area contributed by atoms with Crippen molar-refractivity contribution in [1.82, 2.24) is 19.6 Å². The number of carbonyl (C=O) groups is 4. The second-order valence-corrected chi connectivity index (χ2v) is 28.6. The van der Waals surface area contributed by atoms with Crippen molar-refractivity contribution in [2.45, 2.75) is 229 Å². The molecule has 0 spiro atoms. The number of hydrogen-bond donors (Lipinski definition) is 0. The fourth-order valence-electron chi connectivity index (χ4n) is 13.7. The van der Waals surface area contributed by atoms with E-state index in [9.17, 15) is 19.2 Å². The Morgan fingerprint density at radius 2 is 0.611 bits per heavy atom. The van der Waals surface area contributed by atoms with Gasteiger partial charge in [-0.1, -0.05) is 179 Å². The number of hydrogen-bond acceptors (Lipinski definition) is 13. The van der Waals surface area contributed by atoms with E-state index in [1.165, 1.54) is 99.3 Å². The van der Waals surface area contributed by atoms with Gasteiger partial charge in [0.2, 0.25) is 11.8 Å². The number of likely N-dealkylation sites (tertiary alicyclic amines) is 2. The van der Waals surface area contributed by atoms with Gasteiger partial charge in [-0.15, -0.1) is 0 Å². The predicted octanol–water partition coefficient (Wildman–Crippen LogP) is 14.8. The van der Waals surface area contributed by atoms with E-state index in [4.69, 9.17) is 42.6 Å². The second kappa shape index (κ2) is 36.1. The quantitative estimate of drug-likeness (QED) is 0.0303. The summed E-state index contributed by atoms with van der Waals surface area (Å²) in [5.74, 6) is 3.61. The van der Waals surface area contributed by atoms with Crippen LogP contribution in [0.2, 0.25) is 0 Å². The van der Waals surface area contributed by atoms with E-state index >= 15 is 0 Å². The van der Waals surface area contributed by atoms with Gasteiger partial charge < -0.3 is 62.2 Å². The largest absolute Gasteiger partial charge is 0.491 e. The molecular formula is C78H110N4O13. The molecule has 10 rings (SSSR count). The summed E-state index contributed by atoms with van der Waals surface area (Å²) >= 11 is 0. The van der Waals surface area contributed by atoms with E-state index in [0.29, 0.717) is 52.4 Å². The molecule has 6 aliphatic rings. The molecule has 6 fully saturated rings. The molecule has 0 saturated carbocycles. The van der Waals surface area contributed by atoms with Crippen LogP contribution < -0.4 is 18.9 Å². The molecule has 17 nitrogen and oxygen atoms in total. The number of amides is 4. The van der Waals surface area contributed by atoms with E-state index in [1.807, 2.05) is 68.1 Å². The summed E-state index contributed by atoms with van der Waals surface area (Å²) in [5.41, 5.74) is 4.38. The zero-order chi connectivity index (χ0) is 66.2. The molecule has 0 radical (unpaired) electrons. The van der Waals surface area contributed by atoms with E-state index in [-0.39, 0.29) is 71.5 Å². The number of nitrogens with zero attached hydrogens (tertiary/aromatic N) is 4. The molecule has 0 bridgehead atoms. The summed E-state index contributed by atoms with van der Waals surface area (Å²) < 4.78 is 52.0. The molecule has 0 aliphatic carbocycles. The molecular weight excluding hydrogens is 1200 g/mol. The molecule has 6 unspecified atom stereocenters. The number of carbonyl (C=O) groups excluding carboxylic acids is 4. The number of rotatable bonds is 44.